The van der Waals surface area contributed by atoms with E-state index in [1.807, 2.05) is 4.68 Å². The van der Waals surface area contributed by atoms with Crippen LogP contribution in [0.1, 0.15) is 60.7 Å². The highest BCUT2D eigenvalue weighted by molar-refractivity contribution is 5.80. The summed E-state index contributed by atoms with van der Waals surface area (Å²) >= 11 is 0. The molecule has 2 aliphatic rings. The normalized spacial score (nSPS) is 21.0. The number of hydrogen-bond acceptors (Lipinski definition) is 5. The van der Waals surface area contributed by atoms with E-state index >= 15 is 0 Å². The number of likely N-dealkylation sites (tertiary alicyclic amines) is 1. The first kappa shape index (κ1) is 20.3. The van der Waals surface area contributed by atoms with E-state index in [2.05, 4.69) is 52.6 Å². The Morgan fingerprint density at radius 1 is 1.16 bits per heavy atom. The number of ether oxygens (including phenoxy) is 1. The van der Waals surface area contributed by atoms with Crippen molar-refractivity contribution in [3.8, 4) is 0 Å². The van der Waals surface area contributed by atoms with Crippen LogP contribution in [0.5, 0.6) is 0 Å². The van der Waals surface area contributed by atoms with E-state index < -0.39 is 0 Å². The fraction of sp³-hybridized carbons (Fsp3) is 0.565. The maximum atomic E-state index is 13.3. The largest absolute Gasteiger partial charge is 0.376 e. The molecule has 0 spiro atoms. The Balaban J connectivity index is 1.61. The smallest absolute Gasteiger partial charge is 0.258 e. The molecule has 0 amide bonds. The zero-order valence-corrected chi connectivity index (χ0v) is 18.4. The third kappa shape index (κ3) is 4.02. The lowest BCUT2D eigenvalue weighted by Gasteiger charge is -2.30. The van der Waals surface area contributed by atoms with Crippen LogP contribution in [0, 0.1) is 13.8 Å². The minimum Gasteiger partial charge on any atom is -0.376 e. The van der Waals surface area contributed by atoms with E-state index in [9.17, 15) is 4.79 Å². The Kier molecular flexibility index (Phi) is 5.58. The first-order valence-electron chi connectivity index (χ1n) is 11.5. The van der Waals surface area contributed by atoms with Crippen LogP contribution in [0.4, 0.5) is 0 Å². The molecule has 2 saturated heterocycles. The van der Waals surface area contributed by atoms with Gasteiger partial charge < -0.3 is 14.6 Å². The molecular weight excluding hydrogens is 392 g/mol. The molecule has 2 aliphatic heterocycles. The quantitative estimate of drug-likeness (QED) is 0.649. The number of aryl methyl sites for hydroxylation is 2. The Labute approximate surface area is 181 Å². The van der Waals surface area contributed by atoms with E-state index in [1.165, 1.54) is 22.4 Å². The van der Waals surface area contributed by atoms with Gasteiger partial charge in [0.1, 0.15) is 0 Å². The maximum absolute atomic E-state index is 13.3. The number of benzene rings is 1. The average molecular weight is 424 g/mol. The van der Waals surface area contributed by atoms with Crippen LogP contribution in [-0.4, -0.2) is 51.0 Å². The summed E-state index contributed by atoms with van der Waals surface area (Å²) in [5.74, 6) is 0.765. The number of pyridine rings is 1. The topological polar surface area (TPSA) is 90.1 Å². The van der Waals surface area contributed by atoms with Gasteiger partial charge in [-0.05, 0) is 91.1 Å². The fourth-order valence-corrected chi connectivity index (χ4v) is 5.07. The molecule has 0 bridgehead atoms. The van der Waals surface area contributed by atoms with Crippen molar-refractivity contribution in [3.05, 3.63) is 51.1 Å². The molecule has 31 heavy (non-hydrogen) atoms. The van der Waals surface area contributed by atoms with E-state index in [4.69, 9.17) is 4.74 Å². The lowest BCUT2D eigenvalue weighted by atomic mass is 9.99. The first-order chi connectivity index (χ1) is 15.1. The van der Waals surface area contributed by atoms with E-state index in [0.717, 1.165) is 67.7 Å². The molecule has 2 fully saturated rings. The predicted octanol–water partition coefficient (Wildman–Crippen LogP) is 1.47. The molecule has 2 N–H and O–H groups in total. The van der Waals surface area contributed by atoms with Crippen molar-refractivity contribution in [2.75, 3.05) is 19.7 Å². The number of rotatable bonds is 5. The maximum Gasteiger partial charge on any atom is 0.258 e. The van der Waals surface area contributed by atoms with Crippen LogP contribution in [0.15, 0.2) is 23.0 Å². The van der Waals surface area contributed by atoms with Crippen molar-refractivity contribution < 1.29 is 9.64 Å². The summed E-state index contributed by atoms with van der Waals surface area (Å²) in [5.41, 5.74) is 3.97. The van der Waals surface area contributed by atoms with Crippen molar-refractivity contribution in [2.24, 2.45) is 0 Å². The molecule has 8 nitrogen and oxygen atoms in total. The van der Waals surface area contributed by atoms with E-state index in [1.54, 1.807) is 0 Å². The van der Waals surface area contributed by atoms with Gasteiger partial charge in [-0.25, -0.2) is 4.68 Å². The number of aromatic amines is 1. The standard InChI is InChI=1S/C23H30N6O2/c1-15-11-17-13-19(23(30)24-20(17)12-16(15)2)21(28-8-4-3-5-9-28)22-25-26-27-29(22)14-18-7-6-10-31-18/h11-13,18,21H,3-10,14H2,1-2H3,(H,24,30)/p+1/t18-,21-/m1/s1. The number of aromatic nitrogens is 5. The van der Waals surface area contributed by atoms with Gasteiger partial charge in [0.05, 0.1) is 31.3 Å². The minimum absolute atomic E-state index is 0.0505. The predicted molar refractivity (Wildman–Crippen MR) is 117 cm³/mol. The number of piperidine rings is 1. The molecule has 0 unspecified atom stereocenters. The van der Waals surface area contributed by atoms with E-state index in [0.29, 0.717) is 6.54 Å². The highest BCUT2D eigenvalue weighted by atomic mass is 16.5. The summed E-state index contributed by atoms with van der Waals surface area (Å²) in [6.07, 6.45) is 5.79. The third-order valence-electron chi connectivity index (χ3n) is 6.92. The number of tetrazole rings is 1. The van der Waals surface area contributed by atoms with Crippen LogP contribution in [-0.2, 0) is 11.3 Å². The van der Waals surface area contributed by atoms with Gasteiger partial charge in [-0.3, -0.25) is 4.79 Å². The SMILES string of the molecule is Cc1cc2cc([C@H](c3nnnn3C[C@H]3CCCO3)[NH+]3CCCCC3)c(=O)[nH]c2cc1C. The van der Waals surface area contributed by atoms with Gasteiger partial charge in [0.2, 0.25) is 5.82 Å². The second-order valence-electron chi connectivity index (χ2n) is 9.08. The highest BCUT2D eigenvalue weighted by Gasteiger charge is 2.35. The molecule has 3 aromatic rings. The van der Waals surface area contributed by atoms with Crippen molar-refractivity contribution in [1.29, 1.82) is 0 Å². The second kappa shape index (κ2) is 8.51. The number of H-pyrrole nitrogens is 1. The minimum atomic E-state index is -0.188. The van der Waals surface area contributed by atoms with Gasteiger partial charge in [0, 0.05) is 12.1 Å². The third-order valence-corrected chi connectivity index (χ3v) is 6.92. The van der Waals surface area contributed by atoms with Crippen LogP contribution in [0.3, 0.4) is 0 Å². The van der Waals surface area contributed by atoms with Crippen molar-refractivity contribution in [3.63, 3.8) is 0 Å². The lowest BCUT2D eigenvalue weighted by Crippen LogP contribution is -3.13. The van der Waals surface area contributed by atoms with Crippen LogP contribution >= 0.6 is 0 Å². The Bertz CT molecular complexity index is 1120. The van der Waals surface area contributed by atoms with Gasteiger partial charge in [0.15, 0.2) is 6.04 Å². The molecule has 0 radical (unpaired) electrons. The monoisotopic (exact) mass is 423 g/mol. The summed E-state index contributed by atoms with van der Waals surface area (Å²) in [5, 5.41) is 13.8. The molecule has 0 saturated carbocycles. The summed E-state index contributed by atoms with van der Waals surface area (Å²) in [7, 11) is 0. The summed E-state index contributed by atoms with van der Waals surface area (Å²) in [6, 6.07) is 6.08. The molecule has 4 heterocycles. The summed E-state index contributed by atoms with van der Waals surface area (Å²) in [6.45, 7) is 7.64. The van der Waals surface area contributed by atoms with Gasteiger partial charge >= 0.3 is 0 Å². The molecule has 0 aliphatic carbocycles. The van der Waals surface area contributed by atoms with Gasteiger partial charge in [-0.15, -0.1) is 5.10 Å². The van der Waals surface area contributed by atoms with Crippen molar-refractivity contribution in [1.82, 2.24) is 25.2 Å². The average Bonchev–Trinajstić information content (AvgIpc) is 3.44. The molecule has 164 valence electrons. The second-order valence-corrected chi connectivity index (χ2v) is 9.08. The molecule has 2 atom stereocenters. The van der Waals surface area contributed by atoms with Crippen molar-refractivity contribution >= 4 is 10.9 Å². The fourth-order valence-electron chi connectivity index (χ4n) is 5.07. The Hall–Kier alpha value is -2.58. The van der Waals surface area contributed by atoms with Gasteiger partial charge in [0.25, 0.3) is 5.56 Å². The number of hydrogen-bond donors (Lipinski definition) is 2. The number of nitrogens with zero attached hydrogens (tertiary/aromatic N) is 4. The van der Waals surface area contributed by atoms with Crippen LogP contribution in [0.25, 0.3) is 10.9 Å². The van der Waals surface area contributed by atoms with E-state index in [-0.39, 0.29) is 17.7 Å². The highest BCUT2D eigenvalue weighted by Crippen LogP contribution is 2.23. The zero-order valence-electron chi connectivity index (χ0n) is 18.4. The molecule has 8 heteroatoms. The van der Waals surface area contributed by atoms with Crippen LogP contribution in [0.2, 0.25) is 0 Å². The Morgan fingerprint density at radius 2 is 1.97 bits per heavy atom. The molecule has 5 rings (SSSR count). The zero-order chi connectivity index (χ0) is 21.4. The molecular formula is C23H31N6O2+. The van der Waals surface area contributed by atoms with Crippen molar-refractivity contribution in [2.45, 2.75) is 64.6 Å². The van der Waals surface area contributed by atoms with Gasteiger partial charge in [-0.2, -0.15) is 0 Å². The number of nitrogens with one attached hydrogen (secondary N) is 2. The summed E-state index contributed by atoms with van der Waals surface area (Å²) < 4.78 is 7.69. The summed E-state index contributed by atoms with van der Waals surface area (Å²) in [4.78, 5) is 17.8. The lowest BCUT2D eigenvalue weighted by molar-refractivity contribution is -0.931. The van der Waals surface area contributed by atoms with Crippen LogP contribution < -0.4 is 10.5 Å². The molecule has 1 aromatic carbocycles. The van der Waals surface area contributed by atoms with Gasteiger partial charge in [-0.1, -0.05) is 0 Å². The molecule has 2 aromatic heterocycles. The Morgan fingerprint density at radius 3 is 2.74 bits per heavy atom. The number of quaternary nitrogens is 1. The first-order valence-corrected chi connectivity index (χ1v) is 11.5. The number of fused-ring (bicyclic) bond motifs is 1.